The van der Waals surface area contributed by atoms with E-state index >= 15 is 0 Å². The molecule has 6 heteroatoms. The minimum atomic E-state index is -0.139. The van der Waals surface area contributed by atoms with Crippen molar-refractivity contribution in [2.45, 2.75) is 46.2 Å². The van der Waals surface area contributed by atoms with Gasteiger partial charge in [0.25, 0.3) is 0 Å². The molecule has 0 bridgehead atoms. The zero-order valence-electron chi connectivity index (χ0n) is 13.2. The number of carbonyl (C=O) groups is 1. The monoisotopic (exact) mass is 295 g/mol. The van der Waals surface area contributed by atoms with Crippen molar-refractivity contribution < 1.29 is 14.1 Å². The second-order valence-corrected chi connectivity index (χ2v) is 5.67. The minimum absolute atomic E-state index is 0.0219. The second kappa shape index (κ2) is 7.04. The normalized spacial score (nSPS) is 23.2. The Morgan fingerprint density at radius 2 is 2.19 bits per heavy atom. The molecule has 6 nitrogen and oxygen atoms in total. The summed E-state index contributed by atoms with van der Waals surface area (Å²) in [5, 5.41) is 10.4. The van der Waals surface area contributed by atoms with Gasteiger partial charge in [0.15, 0.2) is 0 Å². The van der Waals surface area contributed by atoms with Crippen molar-refractivity contribution in [2.75, 3.05) is 19.8 Å². The van der Waals surface area contributed by atoms with Gasteiger partial charge in [0.2, 0.25) is 5.91 Å². The molecule has 3 atom stereocenters. The van der Waals surface area contributed by atoms with E-state index in [4.69, 9.17) is 9.26 Å². The Balaban J connectivity index is 1.97. The summed E-state index contributed by atoms with van der Waals surface area (Å²) in [6, 6.07) is -0.0157. The second-order valence-electron chi connectivity index (χ2n) is 5.67. The highest BCUT2D eigenvalue weighted by molar-refractivity contribution is 5.80. The van der Waals surface area contributed by atoms with Crippen LogP contribution in [0.1, 0.15) is 43.3 Å². The van der Waals surface area contributed by atoms with Gasteiger partial charge in [-0.2, -0.15) is 0 Å². The van der Waals surface area contributed by atoms with E-state index in [0.29, 0.717) is 13.2 Å². The van der Waals surface area contributed by atoms with Gasteiger partial charge in [-0.05, 0) is 33.7 Å². The molecule has 1 aromatic rings. The zero-order chi connectivity index (χ0) is 15.4. The van der Waals surface area contributed by atoms with Crippen LogP contribution < -0.4 is 10.6 Å². The SMILES string of the molecule is CCCNC1COCC1C(=O)NC(C)c1c(C)noc1C. The van der Waals surface area contributed by atoms with Gasteiger partial charge in [0, 0.05) is 11.6 Å². The van der Waals surface area contributed by atoms with Crippen LogP contribution >= 0.6 is 0 Å². The predicted molar refractivity (Wildman–Crippen MR) is 78.9 cm³/mol. The fraction of sp³-hybridized carbons (Fsp3) is 0.733. The Morgan fingerprint density at radius 3 is 2.81 bits per heavy atom. The molecule has 1 fully saturated rings. The van der Waals surface area contributed by atoms with Crippen molar-refractivity contribution >= 4 is 5.91 Å². The third-order valence-corrected chi connectivity index (χ3v) is 3.95. The van der Waals surface area contributed by atoms with Crippen molar-refractivity contribution in [1.82, 2.24) is 15.8 Å². The van der Waals surface area contributed by atoms with Crippen LogP contribution in [0.3, 0.4) is 0 Å². The van der Waals surface area contributed by atoms with Crippen molar-refractivity contribution in [2.24, 2.45) is 5.92 Å². The van der Waals surface area contributed by atoms with Crippen LogP contribution in [-0.4, -0.2) is 36.9 Å². The number of nitrogens with one attached hydrogen (secondary N) is 2. The van der Waals surface area contributed by atoms with Crippen LogP contribution in [-0.2, 0) is 9.53 Å². The van der Waals surface area contributed by atoms with Crippen LogP contribution in [0.25, 0.3) is 0 Å². The van der Waals surface area contributed by atoms with Crippen LogP contribution in [0, 0.1) is 19.8 Å². The molecule has 0 radical (unpaired) electrons. The highest BCUT2D eigenvalue weighted by Crippen LogP contribution is 2.22. The third kappa shape index (κ3) is 3.63. The van der Waals surface area contributed by atoms with Crippen LogP contribution in [0.15, 0.2) is 4.52 Å². The Kier molecular flexibility index (Phi) is 5.36. The number of rotatable bonds is 6. The van der Waals surface area contributed by atoms with Crippen LogP contribution in [0.5, 0.6) is 0 Å². The van der Waals surface area contributed by atoms with Gasteiger partial charge in [-0.25, -0.2) is 0 Å². The summed E-state index contributed by atoms with van der Waals surface area (Å²) in [6.07, 6.45) is 1.04. The summed E-state index contributed by atoms with van der Waals surface area (Å²) in [5.41, 5.74) is 1.78. The number of aromatic nitrogens is 1. The lowest BCUT2D eigenvalue weighted by Crippen LogP contribution is -2.44. The fourth-order valence-corrected chi connectivity index (χ4v) is 2.84. The molecule has 0 aliphatic carbocycles. The van der Waals surface area contributed by atoms with Gasteiger partial charge < -0.3 is 19.9 Å². The van der Waals surface area contributed by atoms with Crippen molar-refractivity contribution in [3.63, 3.8) is 0 Å². The molecule has 1 saturated heterocycles. The Hall–Kier alpha value is -1.40. The smallest absolute Gasteiger partial charge is 0.227 e. The molecule has 1 aliphatic heterocycles. The topological polar surface area (TPSA) is 76.4 Å². The van der Waals surface area contributed by atoms with E-state index < -0.39 is 0 Å². The fourth-order valence-electron chi connectivity index (χ4n) is 2.84. The van der Waals surface area contributed by atoms with Gasteiger partial charge in [-0.3, -0.25) is 4.79 Å². The lowest BCUT2D eigenvalue weighted by Gasteiger charge is -2.21. The van der Waals surface area contributed by atoms with Gasteiger partial charge in [0.05, 0.1) is 30.9 Å². The number of ether oxygens (including phenoxy) is 1. The van der Waals surface area contributed by atoms with E-state index in [2.05, 4.69) is 22.7 Å². The first-order valence-corrected chi connectivity index (χ1v) is 7.58. The summed E-state index contributed by atoms with van der Waals surface area (Å²) >= 11 is 0. The number of amides is 1. The molecule has 2 N–H and O–H groups in total. The standard InChI is InChI=1S/C15H25N3O3/c1-5-6-16-13-8-20-7-12(13)15(19)17-9(2)14-10(3)18-21-11(14)4/h9,12-13,16H,5-8H2,1-4H3,(H,17,19). The molecule has 2 heterocycles. The van der Waals surface area contributed by atoms with Crippen molar-refractivity contribution in [3.8, 4) is 0 Å². The predicted octanol–water partition coefficient (Wildman–Crippen LogP) is 1.48. The van der Waals surface area contributed by atoms with Crippen molar-refractivity contribution in [1.29, 1.82) is 0 Å². The average Bonchev–Trinajstić information content (AvgIpc) is 3.03. The first-order valence-electron chi connectivity index (χ1n) is 7.58. The van der Waals surface area contributed by atoms with E-state index in [1.54, 1.807) is 0 Å². The van der Waals surface area contributed by atoms with E-state index in [1.807, 2.05) is 20.8 Å². The Labute approximate surface area is 125 Å². The van der Waals surface area contributed by atoms with Gasteiger partial charge in [-0.1, -0.05) is 12.1 Å². The quantitative estimate of drug-likeness (QED) is 0.831. The highest BCUT2D eigenvalue weighted by atomic mass is 16.5. The molecular weight excluding hydrogens is 270 g/mol. The summed E-state index contributed by atoms with van der Waals surface area (Å²) < 4.78 is 10.6. The molecule has 1 aliphatic rings. The molecule has 1 amide bonds. The summed E-state index contributed by atoms with van der Waals surface area (Å²) in [6.45, 7) is 9.78. The van der Waals surface area contributed by atoms with Gasteiger partial charge in [0.1, 0.15) is 5.76 Å². The van der Waals surface area contributed by atoms with E-state index in [-0.39, 0.29) is 23.9 Å². The van der Waals surface area contributed by atoms with E-state index in [9.17, 15) is 4.79 Å². The first kappa shape index (κ1) is 16.0. The van der Waals surface area contributed by atoms with Crippen molar-refractivity contribution in [3.05, 3.63) is 17.0 Å². The maximum atomic E-state index is 12.5. The minimum Gasteiger partial charge on any atom is -0.379 e. The molecule has 118 valence electrons. The van der Waals surface area contributed by atoms with E-state index in [1.165, 1.54) is 0 Å². The molecule has 0 aromatic carbocycles. The van der Waals surface area contributed by atoms with Crippen LogP contribution in [0.2, 0.25) is 0 Å². The zero-order valence-corrected chi connectivity index (χ0v) is 13.2. The first-order chi connectivity index (χ1) is 10.0. The summed E-state index contributed by atoms with van der Waals surface area (Å²) in [4.78, 5) is 12.5. The lowest BCUT2D eigenvalue weighted by molar-refractivity contribution is -0.126. The molecule has 2 rings (SSSR count). The number of aryl methyl sites for hydroxylation is 2. The number of nitrogens with zero attached hydrogens (tertiary/aromatic N) is 1. The number of hydrogen-bond donors (Lipinski definition) is 2. The summed E-state index contributed by atoms with van der Waals surface area (Å²) in [5.74, 6) is 0.636. The summed E-state index contributed by atoms with van der Waals surface area (Å²) in [7, 11) is 0. The van der Waals surface area contributed by atoms with Crippen LogP contribution in [0.4, 0.5) is 0 Å². The maximum Gasteiger partial charge on any atom is 0.227 e. The molecule has 0 spiro atoms. The third-order valence-electron chi connectivity index (χ3n) is 3.95. The Bertz CT molecular complexity index is 467. The lowest BCUT2D eigenvalue weighted by atomic mass is 10.0. The largest absolute Gasteiger partial charge is 0.379 e. The highest BCUT2D eigenvalue weighted by Gasteiger charge is 2.34. The molecule has 3 unspecified atom stereocenters. The van der Waals surface area contributed by atoms with Gasteiger partial charge in [-0.15, -0.1) is 0 Å². The molecular formula is C15H25N3O3. The molecule has 1 aromatic heterocycles. The Morgan fingerprint density at radius 1 is 1.43 bits per heavy atom. The number of carbonyl (C=O) groups excluding carboxylic acids is 1. The maximum absolute atomic E-state index is 12.5. The average molecular weight is 295 g/mol. The number of hydrogen-bond acceptors (Lipinski definition) is 5. The van der Waals surface area contributed by atoms with Gasteiger partial charge >= 0.3 is 0 Å². The molecule has 21 heavy (non-hydrogen) atoms. The van der Waals surface area contributed by atoms with E-state index in [0.717, 1.165) is 30.0 Å². The molecule has 0 saturated carbocycles.